The molecule has 0 amide bonds. The zero-order valence-electron chi connectivity index (χ0n) is 15.9. The van der Waals surface area contributed by atoms with Crippen LogP contribution < -0.4 is 5.56 Å². The van der Waals surface area contributed by atoms with Crippen molar-refractivity contribution in [2.75, 3.05) is 6.26 Å². The van der Waals surface area contributed by atoms with E-state index in [1.54, 1.807) is 4.40 Å². The Balaban J connectivity index is 2.19. The standard InChI is InChI=1S/C20H24N4OS/c1-6-20(4)11-13-9-7-8-10-14(13)16-15(20)17(25)23-18(21-16)24(12(2)3)22-19(23)26-5/h7-10,12H,6,11H2,1-5H3. The molecule has 26 heavy (non-hydrogen) atoms. The van der Waals surface area contributed by atoms with Crippen molar-refractivity contribution in [3.8, 4) is 11.3 Å². The Kier molecular flexibility index (Phi) is 3.99. The van der Waals surface area contributed by atoms with Crippen LogP contribution in [-0.2, 0) is 11.8 Å². The van der Waals surface area contributed by atoms with Gasteiger partial charge in [-0.15, -0.1) is 5.10 Å². The van der Waals surface area contributed by atoms with Gasteiger partial charge in [0.25, 0.3) is 5.56 Å². The third-order valence-electron chi connectivity index (χ3n) is 5.56. The molecule has 0 saturated heterocycles. The molecule has 5 nitrogen and oxygen atoms in total. The third-order valence-corrected chi connectivity index (χ3v) is 6.19. The number of hydrogen-bond donors (Lipinski definition) is 0. The lowest BCUT2D eigenvalue weighted by Crippen LogP contribution is -2.37. The fraction of sp³-hybridized carbons (Fsp3) is 0.450. The number of rotatable bonds is 3. The van der Waals surface area contributed by atoms with Crippen molar-refractivity contribution in [1.29, 1.82) is 0 Å². The van der Waals surface area contributed by atoms with E-state index in [-0.39, 0.29) is 17.0 Å². The van der Waals surface area contributed by atoms with Crippen molar-refractivity contribution in [2.24, 2.45) is 0 Å². The second-order valence-corrected chi connectivity index (χ2v) is 8.32. The molecule has 4 rings (SSSR count). The first-order chi connectivity index (χ1) is 12.4. The molecule has 0 spiro atoms. The van der Waals surface area contributed by atoms with Crippen LogP contribution in [0.3, 0.4) is 0 Å². The zero-order valence-corrected chi connectivity index (χ0v) is 16.7. The van der Waals surface area contributed by atoms with Crippen molar-refractivity contribution in [2.45, 2.75) is 57.1 Å². The van der Waals surface area contributed by atoms with Crippen LogP contribution in [0.25, 0.3) is 17.0 Å². The summed E-state index contributed by atoms with van der Waals surface area (Å²) in [6.07, 6.45) is 3.71. The van der Waals surface area contributed by atoms with E-state index in [9.17, 15) is 4.79 Å². The maximum Gasteiger partial charge on any atom is 0.265 e. The van der Waals surface area contributed by atoms with E-state index in [0.29, 0.717) is 10.9 Å². The van der Waals surface area contributed by atoms with Gasteiger partial charge >= 0.3 is 0 Å². The summed E-state index contributed by atoms with van der Waals surface area (Å²) in [7, 11) is 0. The Labute approximate surface area is 157 Å². The van der Waals surface area contributed by atoms with E-state index in [2.05, 4.69) is 51.0 Å². The van der Waals surface area contributed by atoms with Crippen molar-refractivity contribution in [3.05, 3.63) is 45.7 Å². The summed E-state index contributed by atoms with van der Waals surface area (Å²) in [6, 6.07) is 8.46. The Morgan fingerprint density at radius 2 is 2.04 bits per heavy atom. The first-order valence-electron chi connectivity index (χ1n) is 9.09. The summed E-state index contributed by atoms with van der Waals surface area (Å²) in [4.78, 5) is 18.6. The fourth-order valence-electron chi connectivity index (χ4n) is 3.95. The molecule has 2 aromatic heterocycles. The highest BCUT2D eigenvalue weighted by atomic mass is 32.2. The van der Waals surface area contributed by atoms with Crippen LogP contribution >= 0.6 is 11.8 Å². The lowest BCUT2D eigenvalue weighted by Gasteiger charge is -2.35. The Morgan fingerprint density at radius 1 is 1.31 bits per heavy atom. The number of hydrogen-bond acceptors (Lipinski definition) is 4. The average Bonchev–Trinajstić information content (AvgIpc) is 3.01. The summed E-state index contributed by atoms with van der Waals surface area (Å²) >= 11 is 1.49. The summed E-state index contributed by atoms with van der Waals surface area (Å²) in [5, 5.41) is 5.35. The van der Waals surface area contributed by atoms with Crippen molar-refractivity contribution in [1.82, 2.24) is 19.2 Å². The topological polar surface area (TPSA) is 52.2 Å². The van der Waals surface area contributed by atoms with Gasteiger partial charge in [0, 0.05) is 11.0 Å². The average molecular weight is 369 g/mol. The summed E-state index contributed by atoms with van der Waals surface area (Å²) in [6.45, 7) is 8.46. The Hall–Kier alpha value is -2.08. The summed E-state index contributed by atoms with van der Waals surface area (Å²) in [5.74, 6) is 0.628. The van der Waals surface area contributed by atoms with Gasteiger partial charge < -0.3 is 0 Å². The molecule has 0 fully saturated rings. The number of nitrogens with zero attached hydrogens (tertiary/aromatic N) is 4. The highest BCUT2D eigenvalue weighted by Crippen LogP contribution is 2.42. The fourth-order valence-corrected chi connectivity index (χ4v) is 4.47. The minimum Gasteiger partial charge on any atom is -0.268 e. The molecule has 1 aromatic carbocycles. The second-order valence-electron chi connectivity index (χ2n) is 7.55. The molecular weight excluding hydrogens is 344 g/mol. The van der Waals surface area contributed by atoms with E-state index in [4.69, 9.17) is 4.98 Å². The number of thioether (sulfide) groups is 1. The van der Waals surface area contributed by atoms with Gasteiger partial charge in [-0.3, -0.25) is 4.79 Å². The van der Waals surface area contributed by atoms with E-state index in [1.807, 2.05) is 17.0 Å². The van der Waals surface area contributed by atoms with Crippen LogP contribution in [0.1, 0.15) is 51.3 Å². The lowest BCUT2D eigenvalue weighted by atomic mass is 9.69. The SMILES string of the molecule is CCC1(C)Cc2ccccc2-c2nc3n(C(C)C)nc(SC)n3c(=O)c21. The predicted octanol–water partition coefficient (Wildman–Crippen LogP) is 4.08. The van der Waals surface area contributed by atoms with Crippen molar-refractivity contribution < 1.29 is 0 Å². The quantitative estimate of drug-likeness (QED) is 0.654. The first kappa shape index (κ1) is 17.3. The third kappa shape index (κ3) is 2.28. The zero-order chi connectivity index (χ0) is 18.6. The van der Waals surface area contributed by atoms with Gasteiger partial charge in [0.05, 0.1) is 17.3 Å². The van der Waals surface area contributed by atoms with Gasteiger partial charge in [-0.1, -0.05) is 49.9 Å². The number of aromatic nitrogens is 4. The van der Waals surface area contributed by atoms with Gasteiger partial charge in [0.2, 0.25) is 5.78 Å². The normalized spacial score (nSPS) is 19.0. The molecule has 0 saturated carbocycles. The highest BCUT2D eigenvalue weighted by molar-refractivity contribution is 7.98. The molecule has 136 valence electrons. The van der Waals surface area contributed by atoms with Gasteiger partial charge in [-0.25, -0.2) is 14.1 Å². The monoisotopic (exact) mass is 368 g/mol. The van der Waals surface area contributed by atoms with Gasteiger partial charge in [-0.05, 0) is 38.5 Å². The minimum atomic E-state index is -0.218. The summed E-state index contributed by atoms with van der Waals surface area (Å²) in [5.41, 5.74) is 3.81. The molecule has 0 radical (unpaired) electrons. The van der Waals surface area contributed by atoms with E-state index in [1.165, 1.54) is 17.3 Å². The van der Waals surface area contributed by atoms with Crippen LogP contribution in [-0.4, -0.2) is 25.4 Å². The molecule has 0 aliphatic heterocycles. The molecule has 2 heterocycles. The second kappa shape index (κ2) is 5.98. The van der Waals surface area contributed by atoms with Crippen molar-refractivity contribution in [3.63, 3.8) is 0 Å². The molecule has 1 aliphatic rings. The smallest absolute Gasteiger partial charge is 0.265 e. The minimum absolute atomic E-state index is 0.0279. The van der Waals surface area contributed by atoms with Crippen LogP contribution in [0.15, 0.2) is 34.2 Å². The molecule has 3 aromatic rings. The Morgan fingerprint density at radius 3 is 2.69 bits per heavy atom. The highest BCUT2D eigenvalue weighted by Gasteiger charge is 2.38. The molecule has 1 aliphatic carbocycles. The molecule has 1 atom stereocenters. The number of fused-ring (bicyclic) bond motifs is 4. The Bertz CT molecular complexity index is 1070. The van der Waals surface area contributed by atoms with Gasteiger partial charge in [-0.2, -0.15) is 0 Å². The maximum absolute atomic E-state index is 13.6. The molecule has 6 heteroatoms. The molecule has 1 unspecified atom stereocenters. The predicted molar refractivity (Wildman–Crippen MR) is 106 cm³/mol. The molecule has 0 N–H and O–H groups in total. The van der Waals surface area contributed by atoms with E-state index >= 15 is 0 Å². The van der Waals surface area contributed by atoms with Crippen LogP contribution in [0.4, 0.5) is 0 Å². The van der Waals surface area contributed by atoms with E-state index in [0.717, 1.165) is 29.7 Å². The largest absolute Gasteiger partial charge is 0.268 e. The molecule has 0 bridgehead atoms. The number of benzene rings is 1. The van der Waals surface area contributed by atoms with Gasteiger partial charge in [0.1, 0.15) is 0 Å². The van der Waals surface area contributed by atoms with Crippen molar-refractivity contribution >= 4 is 17.5 Å². The summed E-state index contributed by atoms with van der Waals surface area (Å²) < 4.78 is 3.55. The lowest BCUT2D eigenvalue weighted by molar-refractivity contribution is 0.439. The van der Waals surface area contributed by atoms with Crippen LogP contribution in [0.2, 0.25) is 0 Å². The van der Waals surface area contributed by atoms with Crippen LogP contribution in [0, 0.1) is 0 Å². The molecular formula is C20H24N4OS. The van der Waals surface area contributed by atoms with E-state index < -0.39 is 0 Å². The van der Waals surface area contributed by atoms with Crippen LogP contribution in [0.5, 0.6) is 0 Å². The van der Waals surface area contributed by atoms with Gasteiger partial charge in [0.15, 0.2) is 5.16 Å². The first-order valence-corrected chi connectivity index (χ1v) is 10.3. The maximum atomic E-state index is 13.6.